The van der Waals surface area contributed by atoms with E-state index in [4.69, 9.17) is 0 Å². The smallest absolute Gasteiger partial charge is 0.262 e. The molecule has 2 N–H and O–H groups in total. The van der Waals surface area contributed by atoms with E-state index in [0.717, 1.165) is 29.7 Å². The van der Waals surface area contributed by atoms with E-state index < -0.39 is 0 Å². The number of benzene rings is 1. The zero-order valence-electron chi connectivity index (χ0n) is 12.3. The van der Waals surface area contributed by atoms with Gasteiger partial charge in [-0.3, -0.25) is 9.89 Å². The van der Waals surface area contributed by atoms with Crippen molar-refractivity contribution in [2.75, 3.05) is 0 Å². The number of aryl methyl sites for hydroxylation is 1. The number of carbonyl (C=O) groups excluding carboxylic acids is 1. The first-order valence-corrected chi connectivity index (χ1v) is 7.20. The Balaban J connectivity index is 1.90. The van der Waals surface area contributed by atoms with Crippen molar-refractivity contribution in [3.63, 3.8) is 0 Å². The Morgan fingerprint density at radius 1 is 1.41 bits per heavy atom. The Hall–Kier alpha value is -2.87. The molecule has 1 saturated carbocycles. The maximum atomic E-state index is 12.0. The zero-order valence-corrected chi connectivity index (χ0v) is 12.3. The molecule has 0 aliphatic heterocycles. The fourth-order valence-electron chi connectivity index (χ4n) is 2.15. The van der Waals surface area contributed by atoms with E-state index in [9.17, 15) is 10.1 Å². The third-order valence-corrected chi connectivity index (χ3v) is 3.59. The highest BCUT2D eigenvalue weighted by Gasteiger charge is 2.24. The highest BCUT2D eigenvalue weighted by atomic mass is 16.1. The summed E-state index contributed by atoms with van der Waals surface area (Å²) in [6.07, 6.45) is 5.18. The summed E-state index contributed by atoms with van der Waals surface area (Å²) >= 11 is 0. The Labute approximate surface area is 128 Å². The van der Waals surface area contributed by atoms with E-state index in [1.807, 2.05) is 37.3 Å². The minimum atomic E-state index is -0.318. The van der Waals surface area contributed by atoms with Gasteiger partial charge in [0.2, 0.25) is 0 Å². The highest BCUT2D eigenvalue weighted by Crippen LogP contribution is 2.24. The quantitative estimate of drug-likeness (QED) is 0.671. The van der Waals surface area contributed by atoms with Crippen molar-refractivity contribution >= 4 is 12.0 Å². The van der Waals surface area contributed by atoms with E-state index in [-0.39, 0.29) is 17.5 Å². The lowest BCUT2D eigenvalue weighted by Gasteiger charge is -2.03. The Morgan fingerprint density at radius 2 is 2.14 bits per heavy atom. The summed E-state index contributed by atoms with van der Waals surface area (Å²) in [5.74, 6) is -0.318. The highest BCUT2D eigenvalue weighted by molar-refractivity contribution is 6.02. The number of hydrogen-bond donors (Lipinski definition) is 2. The minimum absolute atomic E-state index is 0.0988. The summed E-state index contributed by atoms with van der Waals surface area (Å²) in [6.45, 7) is 2.02. The molecule has 1 heterocycles. The average Bonchev–Trinajstić information content (AvgIpc) is 3.21. The third kappa shape index (κ3) is 3.07. The van der Waals surface area contributed by atoms with Crippen molar-refractivity contribution in [1.29, 1.82) is 5.26 Å². The summed E-state index contributed by atoms with van der Waals surface area (Å²) in [7, 11) is 0. The molecule has 0 saturated heterocycles. The maximum absolute atomic E-state index is 12.0. The molecule has 1 aromatic heterocycles. The van der Waals surface area contributed by atoms with Gasteiger partial charge in [0, 0.05) is 17.2 Å². The second kappa shape index (κ2) is 5.86. The Morgan fingerprint density at radius 3 is 2.77 bits per heavy atom. The summed E-state index contributed by atoms with van der Waals surface area (Å²) in [6, 6.07) is 10.2. The van der Waals surface area contributed by atoms with Gasteiger partial charge in [0.15, 0.2) is 0 Å². The maximum Gasteiger partial charge on any atom is 0.262 e. The van der Waals surface area contributed by atoms with Crippen LogP contribution in [-0.2, 0) is 4.79 Å². The number of hydrogen-bond acceptors (Lipinski definition) is 3. The number of carbonyl (C=O) groups is 1. The summed E-state index contributed by atoms with van der Waals surface area (Å²) in [4.78, 5) is 12.0. The molecule has 0 spiro atoms. The van der Waals surface area contributed by atoms with Crippen molar-refractivity contribution in [3.8, 4) is 17.3 Å². The fraction of sp³-hybridized carbons (Fsp3) is 0.235. The first kappa shape index (κ1) is 14.1. The van der Waals surface area contributed by atoms with E-state index in [0.29, 0.717) is 0 Å². The second-order valence-corrected chi connectivity index (χ2v) is 5.48. The van der Waals surface area contributed by atoms with Crippen LogP contribution in [0.2, 0.25) is 0 Å². The van der Waals surface area contributed by atoms with E-state index in [2.05, 4.69) is 15.5 Å². The number of nitrogens with zero attached hydrogens (tertiary/aromatic N) is 2. The van der Waals surface area contributed by atoms with Crippen molar-refractivity contribution in [1.82, 2.24) is 15.5 Å². The predicted octanol–water partition coefficient (Wildman–Crippen LogP) is 2.57. The Kier molecular flexibility index (Phi) is 3.75. The molecule has 2 aromatic rings. The van der Waals surface area contributed by atoms with E-state index in [1.165, 1.54) is 5.56 Å². The molecule has 3 rings (SSSR count). The van der Waals surface area contributed by atoms with Crippen LogP contribution in [-0.4, -0.2) is 22.1 Å². The van der Waals surface area contributed by atoms with Crippen LogP contribution in [0.1, 0.15) is 24.0 Å². The van der Waals surface area contributed by atoms with Crippen LogP contribution in [0.15, 0.2) is 36.0 Å². The van der Waals surface area contributed by atoms with Crippen LogP contribution < -0.4 is 5.32 Å². The van der Waals surface area contributed by atoms with Crippen LogP contribution in [0, 0.1) is 18.3 Å². The number of H-pyrrole nitrogens is 1. The molecular formula is C17H16N4O. The van der Waals surface area contributed by atoms with E-state index >= 15 is 0 Å². The van der Waals surface area contributed by atoms with Gasteiger partial charge in [-0.1, -0.05) is 29.8 Å². The molecule has 22 heavy (non-hydrogen) atoms. The molecule has 5 nitrogen and oxygen atoms in total. The molecule has 0 unspecified atom stereocenters. The van der Waals surface area contributed by atoms with Crippen molar-refractivity contribution < 1.29 is 4.79 Å². The summed E-state index contributed by atoms with van der Waals surface area (Å²) in [5.41, 5.74) is 3.76. The normalized spacial score (nSPS) is 14.5. The van der Waals surface area contributed by atoms with Crippen LogP contribution in [0.3, 0.4) is 0 Å². The van der Waals surface area contributed by atoms with Crippen molar-refractivity contribution in [2.24, 2.45) is 0 Å². The Bertz CT molecular complexity index is 761. The average molecular weight is 292 g/mol. The fourth-order valence-corrected chi connectivity index (χ4v) is 2.15. The lowest BCUT2D eigenvalue weighted by atomic mass is 10.0. The molecule has 1 aliphatic rings. The zero-order chi connectivity index (χ0) is 15.5. The molecule has 1 aromatic carbocycles. The summed E-state index contributed by atoms with van der Waals surface area (Å²) < 4.78 is 0. The number of rotatable bonds is 4. The lowest BCUT2D eigenvalue weighted by molar-refractivity contribution is -0.117. The first-order valence-electron chi connectivity index (χ1n) is 7.20. The van der Waals surface area contributed by atoms with Crippen LogP contribution in [0.4, 0.5) is 0 Å². The largest absolute Gasteiger partial charge is 0.349 e. The van der Waals surface area contributed by atoms with Crippen LogP contribution in [0.5, 0.6) is 0 Å². The first-order chi connectivity index (χ1) is 10.7. The van der Waals surface area contributed by atoms with Gasteiger partial charge < -0.3 is 5.32 Å². The molecular weight excluding hydrogens is 276 g/mol. The molecule has 0 radical (unpaired) electrons. The number of nitriles is 1. The predicted molar refractivity (Wildman–Crippen MR) is 83.5 cm³/mol. The molecule has 1 aliphatic carbocycles. The standard InChI is InChI=1S/C17H16N4O/c1-11-2-4-12(5-3-11)16-14(10-19-21-16)8-13(9-18)17(22)20-15-6-7-15/h2-5,8,10,15H,6-7H2,1H3,(H,19,21)(H,20,22)/b13-8+. The van der Waals surface area contributed by atoms with Crippen molar-refractivity contribution in [3.05, 3.63) is 47.2 Å². The second-order valence-electron chi connectivity index (χ2n) is 5.48. The lowest BCUT2D eigenvalue weighted by Crippen LogP contribution is -2.26. The van der Waals surface area contributed by atoms with Gasteiger partial charge in [-0.15, -0.1) is 0 Å². The van der Waals surface area contributed by atoms with Gasteiger partial charge in [-0.05, 0) is 25.8 Å². The van der Waals surface area contributed by atoms with Gasteiger partial charge in [-0.25, -0.2) is 0 Å². The van der Waals surface area contributed by atoms with E-state index in [1.54, 1.807) is 12.3 Å². The van der Waals surface area contributed by atoms with Crippen LogP contribution >= 0.6 is 0 Å². The molecule has 0 atom stereocenters. The van der Waals surface area contributed by atoms with Gasteiger partial charge in [0.05, 0.1) is 11.9 Å². The molecule has 110 valence electrons. The summed E-state index contributed by atoms with van der Waals surface area (Å²) in [5, 5.41) is 19.0. The molecule has 1 fully saturated rings. The third-order valence-electron chi connectivity index (χ3n) is 3.59. The monoisotopic (exact) mass is 292 g/mol. The van der Waals surface area contributed by atoms with Gasteiger partial charge in [-0.2, -0.15) is 10.4 Å². The van der Waals surface area contributed by atoms with Crippen LogP contribution in [0.25, 0.3) is 17.3 Å². The number of amides is 1. The van der Waals surface area contributed by atoms with Crippen molar-refractivity contribution in [2.45, 2.75) is 25.8 Å². The molecule has 5 heteroatoms. The number of aromatic nitrogens is 2. The number of aromatic amines is 1. The molecule has 0 bridgehead atoms. The van der Waals surface area contributed by atoms with Gasteiger partial charge >= 0.3 is 0 Å². The topological polar surface area (TPSA) is 81.6 Å². The SMILES string of the molecule is Cc1ccc(-c2[nH]ncc2/C=C(\C#N)C(=O)NC2CC2)cc1. The minimum Gasteiger partial charge on any atom is -0.349 e. The van der Waals surface area contributed by atoms with Gasteiger partial charge in [0.1, 0.15) is 11.6 Å². The van der Waals surface area contributed by atoms with Gasteiger partial charge in [0.25, 0.3) is 5.91 Å². The number of nitrogens with one attached hydrogen (secondary N) is 2. The molecule has 1 amide bonds.